The van der Waals surface area contributed by atoms with E-state index in [1.54, 1.807) is 0 Å². The lowest BCUT2D eigenvalue weighted by molar-refractivity contribution is 0.483. The van der Waals surface area contributed by atoms with E-state index >= 15 is 0 Å². The lowest BCUT2D eigenvalue weighted by atomic mass is 10.00. The number of aromatic amines is 1. The molecule has 3 nitrogen and oxygen atoms in total. The Morgan fingerprint density at radius 3 is 2.50 bits per heavy atom. The van der Waals surface area contributed by atoms with Crippen LogP contribution in [0.4, 0.5) is 0 Å². The van der Waals surface area contributed by atoms with Crippen molar-refractivity contribution in [1.82, 2.24) is 4.98 Å². The fourth-order valence-electron chi connectivity index (χ4n) is 3.51. The van der Waals surface area contributed by atoms with Crippen LogP contribution in [-0.4, -0.2) is 11.5 Å². The summed E-state index contributed by atoms with van der Waals surface area (Å²) in [6, 6.07) is 24.0. The number of aromatic nitrogens is 1. The van der Waals surface area contributed by atoms with Gasteiger partial charge in [-0.25, -0.2) is 0 Å². The summed E-state index contributed by atoms with van der Waals surface area (Å²) in [5, 5.41) is 1.91. The third kappa shape index (κ3) is 4.06. The van der Waals surface area contributed by atoms with Crippen LogP contribution in [0, 0.1) is 0 Å². The topological polar surface area (TPSA) is 51.0 Å². The number of nitrogens with two attached hydrogens (primary N) is 1. The van der Waals surface area contributed by atoms with Gasteiger partial charge in [-0.3, -0.25) is 0 Å². The van der Waals surface area contributed by atoms with Crippen molar-refractivity contribution < 1.29 is 4.74 Å². The van der Waals surface area contributed by atoms with E-state index in [0.29, 0.717) is 6.54 Å². The van der Waals surface area contributed by atoms with Crippen LogP contribution in [0.1, 0.15) is 18.4 Å². The van der Waals surface area contributed by atoms with Crippen molar-refractivity contribution in [2.75, 3.05) is 6.54 Å². The van der Waals surface area contributed by atoms with Crippen LogP contribution in [0.3, 0.4) is 0 Å². The van der Waals surface area contributed by atoms with Crippen molar-refractivity contribution in [2.24, 2.45) is 5.73 Å². The number of rotatable bonds is 7. The van der Waals surface area contributed by atoms with E-state index < -0.39 is 0 Å². The predicted molar refractivity (Wildman–Crippen MR) is 117 cm³/mol. The zero-order valence-corrected chi connectivity index (χ0v) is 16.4. The summed E-state index contributed by atoms with van der Waals surface area (Å²) in [5.74, 6) is 1.66. The van der Waals surface area contributed by atoms with Gasteiger partial charge in [0.05, 0.1) is 0 Å². The summed E-state index contributed by atoms with van der Waals surface area (Å²) in [4.78, 5) is 3.58. The fourth-order valence-corrected chi connectivity index (χ4v) is 3.70. The average Bonchev–Trinajstić information content (AvgIpc) is 3.07. The van der Waals surface area contributed by atoms with Crippen molar-refractivity contribution in [3.8, 4) is 22.8 Å². The van der Waals surface area contributed by atoms with Gasteiger partial charge in [0.25, 0.3) is 0 Å². The first-order chi connectivity index (χ1) is 13.7. The van der Waals surface area contributed by atoms with Crippen molar-refractivity contribution in [2.45, 2.75) is 19.3 Å². The second kappa shape index (κ2) is 8.51. The van der Waals surface area contributed by atoms with Gasteiger partial charge < -0.3 is 15.5 Å². The fraction of sp³-hybridized carbons (Fsp3) is 0.167. The molecule has 3 aromatic carbocycles. The van der Waals surface area contributed by atoms with Gasteiger partial charge in [0.1, 0.15) is 11.5 Å². The van der Waals surface area contributed by atoms with Crippen LogP contribution >= 0.6 is 11.6 Å². The molecular formula is C24H23ClN2O. The van der Waals surface area contributed by atoms with Crippen molar-refractivity contribution >= 4 is 22.5 Å². The smallest absolute Gasteiger partial charge is 0.128 e. The normalized spacial score (nSPS) is 11.1. The lowest BCUT2D eigenvalue weighted by Gasteiger charge is -2.07. The summed E-state index contributed by atoms with van der Waals surface area (Å²) in [7, 11) is 0. The molecule has 4 rings (SSSR count). The predicted octanol–water partition coefficient (Wildman–Crippen LogP) is 6.56. The zero-order chi connectivity index (χ0) is 19.3. The number of unbranched alkanes of at least 4 members (excludes halogenated alkanes) is 1. The highest BCUT2D eigenvalue weighted by molar-refractivity contribution is 6.30. The third-order valence-corrected chi connectivity index (χ3v) is 5.09. The highest BCUT2D eigenvalue weighted by atomic mass is 35.5. The quantitative estimate of drug-likeness (QED) is 0.351. The van der Waals surface area contributed by atoms with E-state index in [4.69, 9.17) is 22.1 Å². The number of hydrogen-bond acceptors (Lipinski definition) is 2. The third-order valence-electron chi connectivity index (χ3n) is 4.85. The molecule has 0 aliphatic carbocycles. The van der Waals surface area contributed by atoms with Crippen molar-refractivity contribution in [3.05, 3.63) is 83.4 Å². The number of hydrogen-bond donors (Lipinski definition) is 2. The number of ether oxygens (including phenoxy) is 1. The number of benzene rings is 3. The van der Waals surface area contributed by atoms with E-state index in [9.17, 15) is 0 Å². The largest absolute Gasteiger partial charge is 0.457 e. The number of nitrogens with one attached hydrogen (secondary N) is 1. The Labute approximate surface area is 170 Å². The summed E-state index contributed by atoms with van der Waals surface area (Å²) in [6.07, 6.45) is 3.00. The molecule has 0 aliphatic rings. The molecule has 1 heterocycles. The number of halogens is 1. The van der Waals surface area contributed by atoms with Crippen LogP contribution < -0.4 is 10.5 Å². The summed E-state index contributed by atoms with van der Waals surface area (Å²) in [6.45, 7) is 0.706. The van der Waals surface area contributed by atoms with Crippen molar-refractivity contribution in [1.29, 1.82) is 0 Å². The van der Waals surface area contributed by atoms with Gasteiger partial charge in [0, 0.05) is 21.6 Å². The molecule has 28 heavy (non-hydrogen) atoms. The van der Waals surface area contributed by atoms with E-state index in [-0.39, 0.29) is 0 Å². The maximum Gasteiger partial charge on any atom is 0.128 e. The van der Waals surface area contributed by atoms with Gasteiger partial charge in [-0.1, -0.05) is 41.9 Å². The number of para-hydroxylation sites is 1. The van der Waals surface area contributed by atoms with Crippen LogP contribution in [-0.2, 0) is 6.42 Å². The first-order valence-electron chi connectivity index (χ1n) is 9.58. The Hall–Kier alpha value is -2.75. The van der Waals surface area contributed by atoms with Gasteiger partial charge >= 0.3 is 0 Å². The van der Waals surface area contributed by atoms with Crippen LogP contribution in [0.15, 0.2) is 72.8 Å². The monoisotopic (exact) mass is 390 g/mol. The maximum absolute atomic E-state index is 6.24. The minimum atomic E-state index is 0.706. The number of aryl methyl sites for hydroxylation is 1. The molecule has 0 atom stereocenters. The van der Waals surface area contributed by atoms with Gasteiger partial charge in [-0.2, -0.15) is 0 Å². The molecule has 0 radical (unpaired) electrons. The molecule has 3 N–H and O–H groups in total. The van der Waals surface area contributed by atoms with Crippen molar-refractivity contribution in [3.63, 3.8) is 0 Å². The molecule has 0 amide bonds. The Kier molecular flexibility index (Phi) is 5.65. The summed E-state index contributed by atoms with van der Waals surface area (Å²) in [5.41, 5.74) is 10.3. The second-order valence-corrected chi connectivity index (χ2v) is 7.29. The molecule has 0 bridgehead atoms. The summed E-state index contributed by atoms with van der Waals surface area (Å²) < 4.78 is 6.05. The zero-order valence-electron chi connectivity index (χ0n) is 15.6. The van der Waals surface area contributed by atoms with E-state index in [2.05, 4.69) is 23.2 Å². The van der Waals surface area contributed by atoms with E-state index in [1.807, 2.05) is 54.6 Å². The number of fused-ring (bicyclic) bond motifs is 1. The molecule has 142 valence electrons. The Morgan fingerprint density at radius 1 is 0.857 bits per heavy atom. The molecule has 0 unspecified atom stereocenters. The van der Waals surface area contributed by atoms with Crippen LogP contribution in [0.2, 0.25) is 5.02 Å². The van der Waals surface area contributed by atoms with Gasteiger partial charge in [0.2, 0.25) is 0 Å². The molecule has 0 spiro atoms. The Bertz CT molecular complexity index is 1070. The average molecular weight is 391 g/mol. The maximum atomic E-state index is 6.24. The molecule has 4 heteroatoms. The lowest BCUT2D eigenvalue weighted by Crippen LogP contribution is -1.99. The standard InChI is InChI=1S/C24H23ClN2O/c25-18-8-6-7-17(15-18)24-21(11-4-5-14-26)22-16-20(12-13-23(22)27-24)28-19-9-2-1-3-10-19/h1-3,6-10,12-13,15-16,27H,4-5,11,14,26H2. The van der Waals surface area contributed by atoms with Crippen LogP contribution in [0.25, 0.3) is 22.2 Å². The highest BCUT2D eigenvalue weighted by Crippen LogP contribution is 2.35. The second-order valence-electron chi connectivity index (χ2n) is 6.86. The van der Waals surface area contributed by atoms with Crippen LogP contribution in [0.5, 0.6) is 11.5 Å². The minimum absolute atomic E-state index is 0.706. The molecule has 1 aromatic heterocycles. The van der Waals surface area contributed by atoms with E-state index in [0.717, 1.165) is 52.6 Å². The molecule has 4 aromatic rings. The van der Waals surface area contributed by atoms with Gasteiger partial charge in [0.15, 0.2) is 0 Å². The SMILES string of the molecule is NCCCCc1c(-c2cccc(Cl)c2)[nH]c2ccc(Oc3ccccc3)cc12. The molecule has 0 aliphatic heterocycles. The minimum Gasteiger partial charge on any atom is -0.457 e. The molecule has 0 saturated heterocycles. The summed E-state index contributed by atoms with van der Waals surface area (Å²) >= 11 is 6.24. The first-order valence-corrected chi connectivity index (χ1v) is 9.96. The van der Waals surface area contributed by atoms with Gasteiger partial charge in [-0.15, -0.1) is 0 Å². The molecule has 0 saturated carbocycles. The Morgan fingerprint density at radius 2 is 1.71 bits per heavy atom. The van der Waals surface area contributed by atoms with Gasteiger partial charge in [-0.05, 0) is 79.4 Å². The molecule has 0 fully saturated rings. The molecular weight excluding hydrogens is 368 g/mol. The Balaban J connectivity index is 1.77. The first kappa shape index (κ1) is 18.6. The number of H-pyrrole nitrogens is 1. The van der Waals surface area contributed by atoms with E-state index in [1.165, 1.54) is 10.9 Å². The highest BCUT2D eigenvalue weighted by Gasteiger charge is 2.14.